The zero-order valence-corrected chi connectivity index (χ0v) is 7.84. The van der Waals surface area contributed by atoms with Gasteiger partial charge in [-0.3, -0.25) is 4.99 Å². The summed E-state index contributed by atoms with van der Waals surface area (Å²) in [6, 6.07) is 6.97. The van der Waals surface area contributed by atoms with E-state index in [9.17, 15) is 0 Å². The zero-order valence-electron chi connectivity index (χ0n) is 7.03. The van der Waals surface area contributed by atoms with E-state index in [0.29, 0.717) is 0 Å². The number of benzene rings is 1. The second-order valence-corrected chi connectivity index (χ2v) is 3.79. The lowest BCUT2D eigenvalue weighted by atomic mass is 10.3. The summed E-state index contributed by atoms with van der Waals surface area (Å²) in [5.74, 6) is 1.34. The van der Waals surface area contributed by atoms with Crippen LogP contribution in [0.25, 0.3) is 0 Å². The average molecular weight is 194 g/mol. The Morgan fingerprint density at radius 3 is 2.69 bits per heavy atom. The molecule has 0 aliphatic carbocycles. The van der Waals surface area contributed by atoms with Gasteiger partial charge in [-0.05, 0) is 24.3 Å². The third-order valence-electron chi connectivity index (χ3n) is 1.70. The molecule has 0 bridgehead atoms. The Morgan fingerprint density at radius 1 is 1.31 bits per heavy atom. The molecule has 1 heterocycles. The number of hydrogen-bond acceptors (Lipinski definition) is 4. The molecule has 0 saturated heterocycles. The normalized spacial score (nSPS) is 15.5. The highest BCUT2D eigenvalue weighted by Gasteiger charge is 2.06. The van der Waals surface area contributed by atoms with Crippen LogP contribution in [0, 0.1) is 0 Å². The maximum atomic E-state index is 9.05. The molecule has 0 aromatic heterocycles. The highest BCUT2D eigenvalue weighted by molar-refractivity contribution is 8.14. The fourth-order valence-electron chi connectivity index (χ4n) is 1.08. The molecular formula is C9H10N2OS. The van der Waals surface area contributed by atoms with Gasteiger partial charge in [-0.2, -0.15) is 0 Å². The van der Waals surface area contributed by atoms with Gasteiger partial charge in [0.05, 0.1) is 6.54 Å². The number of aliphatic imine (C=N–C) groups is 1. The van der Waals surface area contributed by atoms with Crippen molar-refractivity contribution in [2.24, 2.45) is 4.99 Å². The summed E-state index contributed by atoms with van der Waals surface area (Å²) >= 11 is 1.72. The first-order valence-corrected chi connectivity index (χ1v) is 5.06. The molecule has 0 saturated carbocycles. The number of amidine groups is 1. The Balaban J connectivity index is 2.05. The Morgan fingerprint density at radius 2 is 2.08 bits per heavy atom. The van der Waals surface area contributed by atoms with Gasteiger partial charge >= 0.3 is 0 Å². The van der Waals surface area contributed by atoms with Crippen molar-refractivity contribution in [2.75, 3.05) is 17.6 Å². The topological polar surface area (TPSA) is 44.6 Å². The third kappa shape index (κ3) is 2.15. The standard InChI is InChI=1S/C9H10N2OS/c12-8-3-1-7(2-4-8)11-9-10-5-6-13-9/h1-4,12H,5-6H2,(H,10,11). The van der Waals surface area contributed by atoms with Crippen LogP contribution in [0.4, 0.5) is 5.69 Å². The summed E-state index contributed by atoms with van der Waals surface area (Å²) in [5.41, 5.74) is 0.964. The van der Waals surface area contributed by atoms with E-state index in [-0.39, 0.29) is 5.75 Å². The van der Waals surface area contributed by atoms with Crippen LogP contribution in [-0.2, 0) is 0 Å². The molecule has 2 N–H and O–H groups in total. The second-order valence-electron chi connectivity index (χ2n) is 2.71. The van der Waals surface area contributed by atoms with Gasteiger partial charge in [0, 0.05) is 11.4 Å². The van der Waals surface area contributed by atoms with Crippen LogP contribution in [0.1, 0.15) is 0 Å². The van der Waals surface area contributed by atoms with Crippen molar-refractivity contribution in [3.05, 3.63) is 24.3 Å². The minimum atomic E-state index is 0.284. The lowest BCUT2D eigenvalue weighted by Crippen LogP contribution is -2.04. The Hall–Kier alpha value is -1.16. The molecule has 0 fully saturated rings. The van der Waals surface area contributed by atoms with Crippen molar-refractivity contribution in [1.82, 2.24) is 0 Å². The van der Waals surface area contributed by atoms with E-state index < -0.39 is 0 Å². The molecule has 68 valence electrons. The van der Waals surface area contributed by atoms with Crippen LogP contribution in [0.5, 0.6) is 5.75 Å². The van der Waals surface area contributed by atoms with Crippen LogP contribution in [0.15, 0.2) is 29.3 Å². The largest absolute Gasteiger partial charge is 0.508 e. The number of rotatable bonds is 1. The maximum Gasteiger partial charge on any atom is 0.161 e. The summed E-state index contributed by atoms with van der Waals surface area (Å²) in [6.07, 6.45) is 0. The van der Waals surface area contributed by atoms with E-state index in [4.69, 9.17) is 5.11 Å². The average Bonchev–Trinajstić information content (AvgIpc) is 2.62. The molecule has 1 aliphatic rings. The van der Waals surface area contributed by atoms with E-state index >= 15 is 0 Å². The first-order chi connectivity index (χ1) is 6.34. The van der Waals surface area contributed by atoms with Crippen LogP contribution in [0.2, 0.25) is 0 Å². The molecule has 1 aromatic rings. The van der Waals surface area contributed by atoms with Crippen LogP contribution in [0.3, 0.4) is 0 Å². The van der Waals surface area contributed by atoms with Crippen LogP contribution >= 0.6 is 11.8 Å². The SMILES string of the molecule is Oc1ccc(NC2=NCCS2)cc1. The van der Waals surface area contributed by atoms with E-state index in [1.807, 2.05) is 12.1 Å². The molecule has 0 unspecified atom stereocenters. The minimum Gasteiger partial charge on any atom is -0.508 e. The number of anilines is 1. The number of phenols is 1. The quantitative estimate of drug-likeness (QED) is 0.671. The molecular weight excluding hydrogens is 184 g/mol. The zero-order chi connectivity index (χ0) is 9.10. The Labute approximate surface area is 80.9 Å². The van der Waals surface area contributed by atoms with Crippen molar-refractivity contribution in [1.29, 1.82) is 0 Å². The number of nitrogens with one attached hydrogen (secondary N) is 1. The second kappa shape index (κ2) is 3.70. The summed E-state index contributed by atoms with van der Waals surface area (Å²) < 4.78 is 0. The first kappa shape index (κ1) is 8.44. The molecule has 4 heteroatoms. The summed E-state index contributed by atoms with van der Waals surface area (Å²) in [7, 11) is 0. The molecule has 0 atom stereocenters. The van der Waals surface area contributed by atoms with E-state index in [2.05, 4.69) is 10.3 Å². The van der Waals surface area contributed by atoms with Gasteiger partial charge in [-0.25, -0.2) is 0 Å². The highest BCUT2D eigenvalue weighted by atomic mass is 32.2. The lowest BCUT2D eigenvalue weighted by Gasteiger charge is -2.03. The summed E-state index contributed by atoms with van der Waals surface area (Å²) in [6.45, 7) is 0.894. The molecule has 0 amide bonds. The van der Waals surface area contributed by atoms with Gasteiger partial charge in [0.2, 0.25) is 0 Å². The highest BCUT2D eigenvalue weighted by Crippen LogP contribution is 2.18. The summed E-state index contributed by atoms with van der Waals surface area (Å²) in [5, 5.41) is 13.2. The smallest absolute Gasteiger partial charge is 0.161 e. The third-order valence-corrected chi connectivity index (χ3v) is 2.60. The van der Waals surface area contributed by atoms with Gasteiger partial charge in [0.1, 0.15) is 5.75 Å². The lowest BCUT2D eigenvalue weighted by molar-refractivity contribution is 0.475. The van der Waals surface area contributed by atoms with Gasteiger partial charge in [0.15, 0.2) is 5.17 Å². The van der Waals surface area contributed by atoms with Crippen molar-refractivity contribution in [2.45, 2.75) is 0 Å². The number of phenolic OH excluding ortho intramolecular Hbond substituents is 1. The Kier molecular flexibility index (Phi) is 2.40. The molecule has 1 aliphatic heterocycles. The molecule has 2 rings (SSSR count). The molecule has 13 heavy (non-hydrogen) atoms. The Bertz CT molecular complexity index is 321. The van der Waals surface area contributed by atoms with Crippen molar-refractivity contribution in [3.63, 3.8) is 0 Å². The van der Waals surface area contributed by atoms with Crippen molar-refractivity contribution in [3.8, 4) is 5.75 Å². The fraction of sp³-hybridized carbons (Fsp3) is 0.222. The van der Waals surface area contributed by atoms with Gasteiger partial charge < -0.3 is 10.4 Å². The molecule has 3 nitrogen and oxygen atoms in total. The number of nitrogens with zero attached hydrogens (tertiary/aromatic N) is 1. The minimum absolute atomic E-state index is 0.284. The van der Waals surface area contributed by atoms with E-state index in [0.717, 1.165) is 23.2 Å². The summed E-state index contributed by atoms with van der Waals surface area (Å²) in [4.78, 5) is 4.26. The van der Waals surface area contributed by atoms with Gasteiger partial charge in [-0.1, -0.05) is 11.8 Å². The maximum absolute atomic E-state index is 9.05. The van der Waals surface area contributed by atoms with Gasteiger partial charge in [-0.15, -0.1) is 0 Å². The van der Waals surface area contributed by atoms with Crippen molar-refractivity contribution < 1.29 is 5.11 Å². The van der Waals surface area contributed by atoms with E-state index in [1.54, 1.807) is 23.9 Å². The predicted molar refractivity (Wildman–Crippen MR) is 56.5 cm³/mol. The first-order valence-electron chi connectivity index (χ1n) is 4.08. The molecule has 0 spiro atoms. The van der Waals surface area contributed by atoms with Crippen LogP contribution < -0.4 is 5.32 Å². The van der Waals surface area contributed by atoms with Crippen molar-refractivity contribution >= 4 is 22.6 Å². The number of hydrogen-bond donors (Lipinski definition) is 2. The monoisotopic (exact) mass is 194 g/mol. The number of thioether (sulfide) groups is 1. The molecule has 1 aromatic carbocycles. The van der Waals surface area contributed by atoms with Gasteiger partial charge in [0.25, 0.3) is 0 Å². The van der Waals surface area contributed by atoms with E-state index in [1.165, 1.54) is 0 Å². The predicted octanol–water partition coefficient (Wildman–Crippen LogP) is 1.91. The van der Waals surface area contributed by atoms with Crippen LogP contribution in [-0.4, -0.2) is 22.6 Å². The molecule has 0 radical (unpaired) electrons. The fourth-order valence-corrected chi connectivity index (χ4v) is 1.83. The number of aromatic hydroxyl groups is 1.